The Labute approximate surface area is 165 Å². The zero-order valence-corrected chi connectivity index (χ0v) is 16.5. The Morgan fingerprint density at radius 3 is 2.54 bits per heavy atom. The number of methoxy groups -OCH3 is 3. The van der Waals surface area contributed by atoms with E-state index >= 15 is 0 Å². The van der Waals surface area contributed by atoms with Crippen molar-refractivity contribution in [2.24, 2.45) is 5.92 Å². The van der Waals surface area contributed by atoms with Crippen molar-refractivity contribution in [3.05, 3.63) is 42.5 Å². The van der Waals surface area contributed by atoms with Gasteiger partial charge in [0.15, 0.2) is 11.5 Å². The van der Waals surface area contributed by atoms with Gasteiger partial charge in [0.2, 0.25) is 0 Å². The lowest BCUT2D eigenvalue weighted by Gasteiger charge is -2.21. The van der Waals surface area contributed by atoms with Crippen LogP contribution in [-0.2, 0) is 0 Å². The zero-order valence-electron chi connectivity index (χ0n) is 16.5. The average molecular weight is 385 g/mol. The molecule has 0 saturated carbocycles. The van der Waals surface area contributed by atoms with E-state index in [1.165, 1.54) is 0 Å². The van der Waals surface area contributed by atoms with Gasteiger partial charge in [-0.3, -0.25) is 0 Å². The molecule has 1 heterocycles. The lowest BCUT2D eigenvalue weighted by atomic mass is 10.1. The maximum Gasteiger partial charge on any atom is 0.319 e. The quantitative estimate of drug-likeness (QED) is 0.765. The van der Waals surface area contributed by atoms with Gasteiger partial charge >= 0.3 is 6.03 Å². The van der Waals surface area contributed by atoms with E-state index in [1.54, 1.807) is 39.5 Å². The minimum absolute atomic E-state index is 0.233. The number of carbonyl (C=O) groups is 1. The highest BCUT2D eigenvalue weighted by atomic mass is 16.5. The fourth-order valence-electron chi connectivity index (χ4n) is 3.44. The molecule has 2 aromatic carbocycles. The van der Waals surface area contributed by atoms with Crippen LogP contribution in [0.5, 0.6) is 17.2 Å². The molecule has 1 atom stereocenters. The normalized spacial score (nSPS) is 15.8. The summed E-state index contributed by atoms with van der Waals surface area (Å²) in [5, 5.41) is 5.79. The van der Waals surface area contributed by atoms with E-state index < -0.39 is 0 Å². The van der Waals surface area contributed by atoms with Crippen LogP contribution in [0.2, 0.25) is 0 Å². The summed E-state index contributed by atoms with van der Waals surface area (Å²) in [4.78, 5) is 14.6. The summed E-state index contributed by atoms with van der Waals surface area (Å²) >= 11 is 0. The van der Waals surface area contributed by atoms with Crippen LogP contribution < -0.4 is 29.7 Å². The first-order chi connectivity index (χ1) is 13.6. The minimum Gasteiger partial charge on any atom is -0.495 e. The molecule has 28 heavy (non-hydrogen) atoms. The second-order valence-corrected chi connectivity index (χ2v) is 6.68. The van der Waals surface area contributed by atoms with Crippen molar-refractivity contribution in [1.29, 1.82) is 0 Å². The lowest BCUT2D eigenvalue weighted by molar-refractivity contribution is 0.250. The standard InChI is InChI=1S/C21H27N3O4/c1-26-18-7-5-4-6-17(18)24-11-10-15(14-24)13-22-21(25)23-16-8-9-19(27-2)20(12-16)28-3/h4-9,12,15H,10-11,13-14H2,1-3H3,(H2,22,23,25)/t15-/m0/s1. The van der Waals surface area contributed by atoms with E-state index in [0.717, 1.165) is 30.9 Å². The fourth-order valence-corrected chi connectivity index (χ4v) is 3.44. The molecule has 0 spiro atoms. The van der Waals surface area contributed by atoms with Gasteiger partial charge in [0.1, 0.15) is 5.75 Å². The molecule has 0 unspecified atom stereocenters. The van der Waals surface area contributed by atoms with E-state index in [-0.39, 0.29) is 6.03 Å². The first-order valence-electron chi connectivity index (χ1n) is 9.29. The molecule has 1 aliphatic rings. The van der Waals surface area contributed by atoms with Gasteiger partial charge in [-0.05, 0) is 36.6 Å². The van der Waals surface area contributed by atoms with Gasteiger partial charge in [-0.15, -0.1) is 0 Å². The summed E-state index contributed by atoms with van der Waals surface area (Å²) < 4.78 is 15.9. The van der Waals surface area contributed by atoms with Crippen molar-refractivity contribution in [2.75, 3.05) is 51.2 Å². The lowest BCUT2D eigenvalue weighted by Crippen LogP contribution is -2.34. The van der Waals surface area contributed by atoms with Crippen LogP contribution in [0.15, 0.2) is 42.5 Å². The minimum atomic E-state index is -0.233. The van der Waals surface area contributed by atoms with E-state index in [1.807, 2.05) is 18.2 Å². The van der Waals surface area contributed by atoms with Gasteiger partial charge in [-0.1, -0.05) is 12.1 Å². The van der Waals surface area contributed by atoms with E-state index in [9.17, 15) is 4.79 Å². The smallest absolute Gasteiger partial charge is 0.319 e. The summed E-state index contributed by atoms with van der Waals surface area (Å²) in [7, 11) is 4.83. The number of nitrogens with zero attached hydrogens (tertiary/aromatic N) is 1. The molecule has 0 aliphatic carbocycles. The number of hydrogen-bond acceptors (Lipinski definition) is 5. The summed E-state index contributed by atoms with van der Waals surface area (Å²) in [6, 6.07) is 13.1. The Morgan fingerprint density at radius 1 is 1.04 bits per heavy atom. The molecule has 2 aromatic rings. The summed E-state index contributed by atoms with van der Waals surface area (Å²) in [6.45, 7) is 2.45. The average Bonchev–Trinajstić information content (AvgIpc) is 3.21. The highest BCUT2D eigenvalue weighted by Crippen LogP contribution is 2.32. The maximum absolute atomic E-state index is 12.2. The molecule has 2 N–H and O–H groups in total. The Morgan fingerprint density at radius 2 is 1.79 bits per heavy atom. The molecular formula is C21H27N3O4. The number of carbonyl (C=O) groups excluding carboxylic acids is 1. The van der Waals surface area contributed by atoms with Crippen molar-refractivity contribution in [2.45, 2.75) is 6.42 Å². The third-order valence-corrected chi connectivity index (χ3v) is 4.90. The molecular weight excluding hydrogens is 358 g/mol. The molecule has 0 radical (unpaired) electrons. The van der Waals surface area contributed by atoms with Gasteiger partial charge < -0.3 is 29.7 Å². The van der Waals surface area contributed by atoms with Gasteiger partial charge in [0.25, 0.3) is 0 Å². The molecule has 0 aromatic heterocycles. The van der Waals surface area contributed by atoms with Crippen LogP contribution in [0.25, 0.3) is 0 Å². The largest absolute Gasteiger partial charge is 0.495 e. The molecule has 7 heteroatoms. The van der Waals surface area contributed by atoms with Gasteiger partial charge in [-0.25, -0.2) is 4.79 Å². The Hall–Kier alpha value is -3.09. The summed E-state index contributed by atoms with van der Waals surface area (Å²) in [6.07, 6.45) is 1.02. The van der Waals surface area contributed by atoms with Crippen LogP contribution >= 0.6 is 0 Å². The third-order valence-electron chi connectivity index (χ3n) is 4.90. The van der Waals surface area contributed by atoms with Crippen molar-refractivity contribution in [3.8, 4) is 17.2 Å². The fraction of sp³-hybridized carbons (Fsp3) is 0.381. The van der Waals surface area contributed by atoms with Crippen LogP contribution in [0.1, 0.15) is 6.42 Å². The first-order valence-corrected chi connectivity index (χ1v) is 9.29. The molecule has 1 aliphatic heterocycles. The molecule has 150 valence electrons. The van der Waals surface area contributed by atoms with E-state index in [4.69, 9.17) is 14.2 Å². The molecule has 1 fully saturated rings. The monoisotopic (exact) mass is 385 g/mol. The molecule has 7 nitrogen and oxygen atoms in total. The Balaban J connectivity index is 1.50. The second kappa shape index (κ2) is 9.21. The number of anilines is 2. The molecule has 1 saturated heterocycles. The second-order valence-electron chi connectivity index (χ2n) is 6.68. The van der Waals surface area contributed by atoms with E-state index in [0.29, 0.717) is 29.6 Å². The van der Waals surface area contributed by atoms with Crippen molar-refractivity contribution in [3.63, 3.8) is 0 Å². The third kappa shape index (κ3) is 4.60. The van der Waals surface area contributed by atoms with Crippen molar-refractivity contribution in [1.82, 2.24) is 5.32 Å². The Kier molecular flexibility index (Phi) is 6.47. The number of hydrogen-bond donors (Lipinski definition) is 2. The number of para-hydroxylation sites is 2. The SMILES string of the molecule is COc1ccc(NC(=O)NC[C@@H]2CCN(c3ccccc3OC)C2)cc1OC. The predicted molar refractivity (Wildman–Crippen MR) is 110 cm³/mol. The van der Waals surface area contributed by atoms with Crippen molar-refractivity contribution < 1.29 is 19.0 Å². The maximum atomic E-state index is 12.2. The van der Waals surface area contributed by atoms with Crippen LogP contribution in [0.3, 0.4) is 0 Å². The summed E-state index contributed by atoms with van der Waals surface area (Å²) in [5.74, 6) is 2.46. The molecule has 3 rings (SSSR count). The van der Waals surface area contributed by atoms with Crippen LogP contribution in [0.4, 0.5) is 16.2 Å². The van der Waals surface area contributed by atoms with Gasteiger partial charge in [0, 0.05) is 31.4 Å². The number of ether oxygens (including phenoxy) is 3. The number of benzene rings is 2. The molecule has 2 amide bonds. The number of amides is 2. The first kappa shape index (κ1) is 19.7. The highest BCUT2D eigenvalue weighted by molar-refractivity contribution is 5.89. The van der Waals surface area contributed by atoms with Crippen LogP contribution in [0, 0.1) is 5.92 Å². The topological polar surface area (TPSA) is 72.1 Å². The number of urea groups is 1. The van der Waals surface area contributed by atoms with E-state index in [2.05, 4.69) is 21.6 Å². The zero-order chi connectivity index (χ0) is 19.9. The van der Waals surface area contributed by atoms with Crippen LogP contribution in [-0.4, -0.2) is 47.0 Å². The predicted octanol–water partition coefficient (Wildman–Crippen LogP) is 3.36. The van der Waals surface area contributed by atoms with Gasteiger partial charge in [0.05, 0.1) is 27.0 Å². The highest BCUT2D eigenvalue weighted by Gasteiger charge is 2.24. The van der Waals surface area contributed by atoms with Crippen molar-refractivity contribution >= 4 is 17.4 Å². The Bertz CT molecular complexity index is 812. The number of rotatable bonds is 7. The van der Waals surface area contributed by atoms with Gasteiger partial charge in [-0.2, -0.15) is 0 Å². The number of nitrogens with one attached hydrogen (secondary N) is 2. The molecule has 0 bridgehead atoms. The summed E-state index contributed by atoms with van der Waals surface area (Å²) in [5.41, 5.74) is 1.75.